The van der Waals surface area contributed by atoms with Crippen LogP contribution >= 0.6 is 35.3 Å². The molecule has 3 heterocycles. The topological polar surface area (TPSA) is 69.2 Å². The number of halogens is 1. The maximum absolute atomic E-state index is 12.6. The van der Waals surface area contributed by atoms with Crippen molar-refractivity contribution in [3.63, 3.8) is 0 Å². The van der Waals surface area contributed by atoms with Crippen LogP contribution in [-0.4, -0.2) is 63.1 Å². The number of aliphatic imine (C=N–C) groups is 1. The smallest absolute Gasteiger partial charge is 0.224 e. The number of para-hydroxylation sites is 2. The first-order valence-electron chi connectivity index (χ1n) is 10.9. The number of hydrogen-bond donors (Lipinski definition) is 2. The van der Waals surface area contributed by atoms with Gasteiger partial charge in [0.25, 0.3) is 0 Å². The van der Waals surface area contributed by atoms with Gasteiger partial charge in [-0.1, -0.05) is 12.1 Å². The van der Waals surface area contributed by atoms with Crippen LogP contribution in [0.2, 0.25) is 0 Å². The van der Waals surface area contributed by atoms with E-state index in [1.54, 1.807) is 25.5 Å². The number of anilines is 1. The minimum absolute atomic E-state index is 0. The molecular weight excluding hydrogens is 537 g/mol. The Morgan fingerprint density at radius 2 is 2.12 bits per heavy atom. The summed E-state index contributed by atoms with van der Waals surface area (Å²) in [7, 11) is 3.48. The molecule has 7 nitrogen and oxygen atoms in total. The second kappa shape index (κ2) is 11.7. The molecule has 2 aromatic rings. The number of ether oxygens (including phenoxy) is 1. The highest BCUT2D eigenvalue weighted by Crippen LogP contribution is 2.30. The van der Waals surface area contributed by atoms with Crippen LogP contribution in [0.15, 0.2) is 40.7 Å². The van der Waals surface area contributed by atoms with Gasteiger partial charge in [-0.2, -0.15) is 0 Å². The van der Waals surface area contributed by atoms with Gasteiger partial charge >= 0.3 is 0 Å². The number of nitrogens with zero attached hydrogens (tertiary/aromatic N) is 3. The Bertz CT molecular complexity index is 935. The number of carbonyl (C=O) groups excluding carboxylic acids is 1. The van der Waals surface area contributed by atoms with E-state index in [0.29, 0.717) is 19.0 Å². The van der Waals surface area contributed by atoms with Gasteiger partial charge in [-0.25, -0.2) is 0 Å². The van der Waals surface area contributed by atoms with Gasteiger partial charge in [0.2, 0.25) is 5.91 Å². The second-order valence-corrected chi connectivity index (χ2v) is 8.93. The van der Waals surface area contributed by atoms with Crippen molar-refractivity contribution in [3.05, 3.63) is 46.2 Å². The summed E-state index contributed by atoms with van der Waals surface area (Å²) >= 11 is 1.79. The largest absolute Gasteiger partial charge is 0.495 e. The summed E-state index contributed by atoms with van der Waals surface area (Å²) in [5.41, 5.74) is 2.43. The van der Waals surface area contributed by atoms with E-state index in [0.717, 1.165) is 56.4 Å². The van der Waals surface area contributed by atoms with E-state index in [2.05, 4.69) is 38.0 Å². The fraction of sp³-hybridized carbons (Fsp3) is 0.478. The molecule has 9 heteroatoms. The van der Waals surface area contributed by atoms with Crippen molar-refractivity contribution < 1.29 is 9.53 Å². The average molecular weight is 570 g/mol. The van der Waals surface area contributed by atoms with Crippen molar-refractivity contribution in [2.45, 2.75) is 31.8 Å². The SMILES string of the molecule is CN=C(NCCC(=O)N1CCc2sccc2C1)NC1CCN(c2ccccc2OC)C1.I. The number of rotatable bonds is 6. The van der Waals surface area contributed by atoms with Crippen molar-refractivity contribution in [2.75, 3.05) is 45.2 Å². The number of benzene rings is 1. The maximum atomic E-state index is 12.6. The summed E-state index contributed by atoms with van der Waals surface area (Å²) in [5, 5.41) is 8.93. The lowest BCUT2D eigenvalue weighted by Gasteiger charge is -2.27. The Morgan fingerprint density at radius 1 is 1.28 bits per heavy atom. The Balaban J connectivity index is 0.00000289. The number of carbonyl (C=O) groups is 1. The summed E-state index contributed by atoms with van der Waals surface area (Å²) in [6, 6.07) is 10.6. The van der Waals surface area contributed by atoms with Crippen molar-refractivity contribution in [1.29, 1.82) is 0 Å². The number of methoxy groups -OCH3 is 1. The van der Waals surface area contributed by atoms with Gasteiger partial charge in [-0.3, -0.25) is 9.79 Å². The van der Waals surface area contributed by atoms with Gasteiger partial charge in [0, 0.05) is 57.1 Å². The molecule has 1 saturated heterocycles. The van der Waals surface area contributed by atoms with E-state index < -0.39 is 0 Å². The quantitative estimate of drug-likeness (QED) is 0.318. The Hall–Kier alpha value is -2.01. The number of amides is 1. The van der Waals surface area contributed by atoms with Gasteiger partial charge in [0.1, 0.15) is 5.75 Å². The summed E-state index contributed by atoms with van der Waals surface area (Å²) in [6.45, 7) is 3.99. The highest BCUT2D eigenvalue weighted by molar-refractivity contribution is 14.0. The van der Waals surface area contributed by atoms with Crippen LogP contribution in [-0.2, 0) is 17.8 Å². The molecule has 2 aliphatic heterocycles. The first-order valence-corrected chi connectivity index (χ1v) is 11.7. The van der Waals surface area contributed by atoms with Crippen LogP contribution in [0.1, 0.15) is 23.3 Å². The van der Waals surface area contributed by atoms with Crippen molar-refractivity contribution >= 4 is 52.9 Å². The van der Waals surface area contributed by atoms with E-state index >= 15 is 0 Å². The molecule has 0 spiro atoms. The molecule has 1 unspecified atom stereocenters. The number of guanidine groups is 1. The maximum Gasteiger partial charge on any atom is 0.224 e. The predicted octanol–water partition coefficient (Wildman–Crippen LogP) is 3.09. The van der Waals surface area contributed by atoms with Crippen LogP contribution in [0.4, 0.5) is 5.69 Å². The second-order valence-electron chi connectivity index (χ2n) is 7.93. The monoisotopic (exact) mass is 569 g/mol. The fourth-order valence-corrected chi connectivity index (χ4v) is 5.17. The molecule has 174 valence electrons. The highest BCUT2D eigenvalue weighted by Gasteiger charge is 2.25. The third kappa shape index (κ3) is 5.86. The van der Waals surface area contributed by atoms with E-state index in [9.17, 15) is 4.79 Å². The van der Waals surface area contributed by atoms with Crippen molar-refractivity contribution in [1.82, 2.24) is 15.5 Å². The first-order chi connectivity index (χ1) is 15.2. The third-order valence-corrected chi connectivity index (χ3v) is 6.99. The van der Waals surface area contributed by atoms with Crippen molar-refractivity contribution in [3.8, 4) is 5.75 Å². The van der Waals surface area contributed by atoms with Gasteiger partial charge in [0.15, 0.2) is 5.96 Å². The normalized spacial score (nSPS) is 18.1. The zero-order valence-corrected chi connectivity index (χ0v) is 21.8. The average Bonchev–Trinajstić information content (AvgIpc) is 3.47. The molecule has 1 aromatic carbocycles. The number of thiophene rings is 1. The molecule has 0 radical (unpaired) electrons. The van der Waals surface area contributed by atoms with Gasteiger partial charge < -0.3 is 25.2 Å². The van der Waals surface area contributed by atoms with Gasteiger partial charge in [-0.15, -0.1) is 35.3 Å². The zero-order valence-electron chi connectivity index (χ0n) is 18.7. The summed E-state index contributed by atoms with van der Waals surface area (Å²) in [5.74, 6) is 1.85. The van der Waals surface area contributed by atoms with E-state index in [-0.39, 0.29) is 29.9 Å². The molecule has 0 aliphatic carbocycles. The fourth-order valence-electron chi connectivity index (χ4n) is 4.28. The molecule has 2 aliphatic rings. The minimum Gasteiger partial charge on any atom is -0.495 e. The molecular formula is C23H32IN5O2S. The lowest BCUT2D eigenvalue weighted by Crippen LogP contribution is -2.45. The molecule has 1 atom stereocenters. The molecule has 1 fully saturated rings. The number of nitrogens with one attached hydrogen (secondary N) is 2. The third-order valence-electron chi connectivity index (χ3n) is 5.97. The van der Waals surface area contributed by atoms with E-state index in [4.69, 9.17) is 4.74 Å². The van der Waals surface area contributed by atoms with E-state index in [1.807, 2.05) is 23.1 Å². The van der Waals surface area contributed by atoms with Gasteiger partial charge in [0.05, 0.1) is 12.8 Å². The Morgan fingerprint density at radius 3 is 2.94 bits per heavy atom. The minimum atomic E-state index is 0. The Kier molecular flexibility index (Phi) is 9.03. The highest BCUT2D eigenvalue weighted by atomic mass is 127. The number of hydrogen-bond acceptors (Lipinski definition) is 5. The summed E-state index contributed by atoms with van der Waals surface area (Å²) < 4.78 is 5.50. The van der Waals surface area contributed by atoms with Crippen molar-refractivity contribution in [2.24, 2.45) is 4.99 Å². The molecule has 0 saturated carbocycles. The van der Waals surface area contributed by atoms with Crippen LogP contribution in [0.25, 0.3) is 0 Å². The molecule has 32 heavy (non-hydrogen) atoms. The summed E-state index contributed by atoms with van der Waals surface area (Å²) in [4.78, 5) is 22.7. The standard InChI is InChI=1S/C23H31N5O2S.HI/c1-24-23(25-11-7-22(29)28-13-9-21-17(15-28)10-14-31-21)26-18-8-12-27(16-18)19-5-3-4-6-20(19)30-2;/h3-6,10,14,18H,7-9,11-13,15-16H2,1-2H3,(H2,24,25,26);1H. The predicted molar refractivity (Wildman–Crippen MR) is 142 cm³/mol. The molecule has 0 bridgehead atoms. The lowest BCUT2D eigenvalue weighted by atomic mass is 10.1. The molecule has 4 rings (SSSR count). The number of fused-ring (bicyclic) bond motifs is 1. The van der Waals surface area contributed by atoms with Crippen LogP contribution in [0, 0.1) is 0 Å². The van der Waals surface area contributed by atoms with E-state index in [1.165, 1.54) is 10.4 Å². The zero-order chi connectivity index (χ0) is 21.6. The Labute approximate surface area is 211 Å². The van der Waals surface area contributed by atoms with Crippen LogP contribution in [0.3, 0.4) is 0 Å². The molecule has 1 aromatic heterocycles. The lowest BCUT2D eigenvalue weighted by molar-refractivity contribution is -0.131. The first kappa shape index (κ1) is 24.6. The molecule has 2 N–H and O–H groups in total. The van der Waals surface area contributed by atoms with Gasteiger partial charge in [-0.05, 0) is 42.0 Å². The summed E-state index contributed by atoms with van der Waals surface area (Å²) in [6.07, 6.45) is 2.46. The molecule has 1 amide bonds. The van der Waals surface area contributed by atoms with Crippen LogP contribution in [0.5, 0.6) is 5.75 Å². The van der Waals surface area contributed by atoms with Crippen LogP contribution < -0.4 is 20.3 Å².